The van der Waals surface area contributed by atoms with Crippen LogP contribution in [0.1, 0.15) is 37.4 Å². The van der Waals surface area contributed by atoms with Crippen LogP contribution in [0.25, 0.3) is 0 Å². The predicted octanol–water partition coefficient (Wildman–Crippen LogP) is 3.63. The molecule has 0 radical (unpaired) electrons. The second-order valence-corrected chi connectivity index (χ2v) is 7.38. The van der Waals surface area contributed by atoms with Gasteiger partial charge in [0.15, 0.2) is 23.0 Å². The highest BCUT2D eigenvalue weighted by atomic mass is 16.7. The lowest BCUT2D eigenvalue weighted by Crippen LogP contribution is -2.32. The fourth-order valence-electron chi connectivity index (χ4n) is 3.49. The summed E-state index contributed by atoms with van der Waals surface area (Å²) in [5.41, 5.74) is 2.08. The molecule has 1 N–H and O–H groups in total. The molecule has 0 saturated carbocycles. The van der Waals surface area contributed by atoms with Gasteiger partial charge in [0.1, 0.15) is 13.2 Å². The van der Waals surface area contributed by atoms with Crippen LogP contribution < -0.4 is 24.3 Å². The molecule has 4 rings (SSSR count). The van der Waals surface area contributed by atoms with Gasteiger partial charge in [-0.1, -0.05) is 26.0 Å². The summed E-state index contributed by atoms with van der Waals surface area (Å²) in [5, 5.41) is 3.17. The number of aryl methyl sites for hydroxylation is 1. The van der Waals surface area contributed by atoms with Crippen molar-refractivity contribution in [2.24, 2.45) is 5.92 Å². The zero-order chi connectivity index (χ0) is 19.5. The number of carbonyl (C=O) groups excluding carboxylic acids is 1. The van der Waals surface area contributed by atoms with Gasteiger partial charge in [-0.2, -0.15) is 0 Å². The first kappa shape index (κ1) is 18.5. The quantitative estimate of drug-likeness (QED) is 0.825. The van der Waals surface area contributed by atoms with Crippen molar-refractivity contribution in [3.8, 4) is 23.0 Å². The van der Waals surface area contributed by atoms with E-state index in [0.717, 1.165) is 34.1 Å². The van der Waals surface area contributed by atoms with E-state index in [1.54, 1.807) is 0 Å². The maximum atomic E-state index is 12.6. The summed E-state index contributed by atoms with van der Waals surface area (Å²) in [4.78, 5) is 12.6. The fourth-order valence-corrected chi connectivity index (χ4v) is 3.49. The molecule has 2 aliphatic rings. The minimum atomic E-state index is -0.0833. The third kappa shape index (κ3) is 4.01. The lowest BCUT2D eigenvalue weighted by atomic mass is 9.95. The number of carbonyl (C=O) groups is 1. The highest BCUT2D eigenvalue weighted by Crippen LogP contribution is 2.35. The average molecular weight is 383 g/mol. The van der Waals surface area contributed by atoms with Crippen molar-refractivity contribution in [3.05, 3.63) is 47.5 Å². The summed E-state index contributed by atoms with van der Waals surface area (Å²) in [6, 6.07) is 11.6. The van der Waals surface area contributed by atoms with E-state index in [1.807, 2.05) is 36.4 Å². The number of hydrogen-bond acceptors (Lipinski definition) is 5. The number of amides is 1. The molecule has 2 heterocycles. The number of benzene rings is 2. The molecule has 0 unspecified atom stereocenters. The van der Waals surface area contributed by atoms with Crippen molar-refractivity contribution in [2.45, 2.75) is 32.7 Å². The van der Waals surface area contributed by atoms with Crippen LogP contribution in [0, 0.1) is 5.92 Å². The van der Waals surface area contributed by atoms with Gasteiger partial charge < -0.3 is 24.3 Å². The second kappa shape index (κ2) is 8.00. The summed E-state index contributed by atoms with van der Waals surface area (Å²) in [6.07, 6.45) is 1.06. The average Bonchev–Trinajstić information content (AvgIpc) is 3.18. The molecule has 2 aromatic carbocycles. The van der Waals surface area contributed by atoms with Crippen LogP contribution in [0.2, 0.25) is 0 Å². The summed E-state index contributed by atoms with van der Waals surface area (Å²) in [5.74, 6) is 3.26. The van der Waals surface area contributed by atoms with Crippen LogP contribution in [0.4, 0.5) is 0 Å². The maximum absolute atomic E-state index is 12.6. The molecule has 2 aromatic rings. The van der Waals surface area contributed by atoms with E-state index < -0.39 is 0 Å². The Morgan fingerprint density at radius 2 is 1.61 bits per heavy atom. The van der Waals surface area contributed by atoms with Crippen LogP contribution >= 0.6 is 0 Å². The Morgan fingerprint density at radius 3 is 2.43 bits per heavy atom. The molecule has 0 saturated heterocycles. The van der Waals surface area contributed by atoms with Gasteiger partial charge in [0, 0.05) is 6.42 Å². The Kier molecular flexibility index (Phi) is 5.28. The number of rotatable bonds is 6. The molecule has 0 fully saturated rings. The highest BCUT2D eigenvalue weighted by Gasteiger charge is 2.21. The molecule has 0 spiro atoms. The number of nitrogens with one attached hydrogen (secondary N) is 1. The van der Waals surface area contributed by atoms with Gasteiger partial charge in [-0.15, -0.1) is 0 Å². The molecule has 6 heteroatoms. The van der Waals surface area contributed by atoms with Gasteiger partial charge in [-0.3, -0.25) is 4.79 Å². The van der Waals surface area contributed by atoms with E-state index in [9.17, 15) is 4.79 Å². The normalized spacial score (nSPS) is 15.4. The number of fused-ring (bicyclic) bond motifs is 2. The van der Waals surface area contributed by atoms with Gasteiger partial charge in [0.2, 0.25) is 12.7 Å². The van der Waals surface area contributed by atoms with Gasteiger partial charge in [0.05, 0.1) is 6.04 Å². The van der Waals surface area contributed by atoms with Crippen molar-refractivity contribution in [3.63, 3.8) is 0 Å². The van der Waals surface area contributed by atoms with E-state index in [2.05, 4.69) is 19.2 Å². The minimum Gasteiger partial charge on any atom is -0.486 e. The third-order valence-electron chi connectivity index (χ3n) is 4.99. The van der Waals surface area contributed by atoms with Crippen molar-refractivity contribution in [1.82, 2.24) is 5.32 Å². The Morgan fingerprint density at radius 1 is 0.929 bits per heavy atom. The number of ether oxygens (including phenoxy) is 4. The molecule has 2 aliphatic heterocycles. The Hall–Kier alpha value is -2.89. The summed E-state index contributed by atoms with van der Waals surface area (Å²) < 4.78 is 22.0. The summed E-state index contributed by atoms with van der Waals surface area (Å²) >= 11 is 0. The SMILES string of the molecule is CC(C)[C@@H](NC(=O)CCc1ccc2c(c1)OCO2)c1ccc2c(c1)OCCO2. The zero-order valence-electron chi connectivity index (χ0n) is 16.2. The Bertz CT molecular complexity index is 864. The van der Waals surface area contributed by atoms with E-state index in [1.165, 1.54) is 0 Å². The van der Waals surface area contributed by atoms with Gasteiger partial charge in [-0.25, -0.2) is 0 Å². The zero-order valence-corrected chi connectivity index (χ0v) is 16.2. The second-order valence-electron chi connectivity index (χ2n) is 7.38. The van der Waals surface area contributed by atoms with Crippen LogP contribution in [-0.4, -0.2) is 25.9 Å². The fraction of sp³-hybridized carbons (Fsp3) is 0.409. The monoisotopic (exact) mass is 383 g/mol. The third-order valence-corrected chi connectivity index (χ3v) is 4.99. The molecule has 0 aromatic heterocycles. The maximum Gasteiger partial charge on any atom is 0.231 e. The van der Waals surface area contributed by atoms with E-state index >= 15 is 0 Å². The topological polar surface area (TPSA) is 66.0 Å². The van der Waals surface area contributed by atoms with Crippen molar-refractivity contribution in [2.75, 3.05) is 20.0 Å². The van der Waals surface area contributed by atoms with Crippen LogP contribution in [-0.2, 0) is 11.2 Å². The Balaban J connectivity index is 1.39. The molecular weight excluding hydrogens is 358 g/mol. The summed E-state index contributed by atoms with van der Waals surface area (Å²) in [7, 11) is 0. The van der Waals surface area contributed by atoms with Gasteiger partial charge in [-0.05, 0) is 47.7 Å². The highest BCUT2D eigenvalue weighted by molar-refractivity contribution is 5.76. The van der Waals surface area contributed by atoms with E-state index in [-0.39, 0.29) is 24.7 Å². The standard InChI is InChI=1S/C22H25NO5/c1-14(2)22(16-5-7-17-20(12-16)26-10-9-25-17)23-21(24)8-4-15-3-6-18-19(11-15)28-13-27-18/h3,5-7,11-12,14,22H,4,8-10,13H2,1-2H3,(H,23,24)/t22-/m1/s1. The summed E-state index contributed by atoms with van der Waals surface area (Å²) in [6.45, 7) is 5.56. The van der Waals surface area contributed by atoms with Gasteiger partial charge >= 0.3 is 0 Å². The first-order valence-electron chi connectivity index (χ1n) is 9.67. The minimum absolute atomic E-state index is 0.0197. The lowest BCUT2D eigenvalue weighted by molar-refractivity contribution is -0.122. The molecule has 1 atom stereocenters. The first-order valence-corrected chi connectivity index (χ1v) is 9.67. The van der Waals surface area contributed by atoms with E-state index in [0.29, 0.717) is 26.1 Å². The van der Waals surface area contributed by atoms with Crippen LogP contribution in [0.3, 0.4) is 0 Å². The molecule has 0 aliphatic carbocycles. The first-order chi connectivity index (χ1) is 13.6. The van der Waals surface area contributed by atoms with Crippen molar-refractivity contribution >= 4 is 5.91 Å². The van der Waals surface area contributed by atoms with E-state index in [4.69, 9.17) is 18.9 Å². The van der Waals surface area contributed by atoms with Crippen LogP contribution in [0.15, 0.2) is 36.4 Å². The Labute approximate surface area is 164 Å². The molecule has 148 valence electrons. The largest absolute Gasteiger partial charge is 0.486 e. The van der Waals surface area contributed by atoms with Crippen molar-refractivity contribution < 1.29 is 23.7 Å². The predicted molar refractivity (Wildman–Crippen MR) is 104 cm³/mol. The molecule has 0 bridgehead atoms. The molecule has 1 amide bonds. The van der Waals surface area contributed by atoms with Crippen molar-refractivity contribution in [1.29, 1.82) is 0 Å². The number of hydrogen-bond donors (Lipinski definition) is 1. The van der Waals surface area contributed by atoms with Crippen LogP contribution in [0.5, 0.6) is 23.0 Å². The molecular formula is C22H25NO5. The molecule has 6 nitrogen and oxygen atoms in total. The lowest BCUT2D eigenvalue weighted by Gasteiger charge is -2.25. The van der Waals surface area contributed by atoms with Gasteiger partial charge in [0.25, 0.3) is 0 Å². The smallest absolute Gasteiger partial charge is 0.231 e. The molecule has 28 heavy (non-hydrogen) atoms.